The van der Waals surface area contributed by atoms with E-state index in [0.717, 1.165) is 42.5 Å². The molecule has 2 N–H and O–H groups in total. The van der Waals surface area contributed by atoms with Crippen LogP contribution < -0.4 is 10.6 Å². The second kappa shape index (κ2) is 10.1. The SMILES string of the molecule is Cc1cncnc1-c1ccc(NC(=O)[C@@H](OC(=O)NC(C)(C)C)C2CCC(C)CC2)nc1. The maximum Gasteiger partial charge on any atom is 0.408 e. The van der Waals surface area contributed by atoms with Crippen LogP contribution in [0.5, 0.6) is 0 Å². The molecular formula is C24H33N5O3. The molecule has 8 heteroatoms. The van der Waals surface area contributed by atoms with Crippen molar-refractivity contribution in [2.24, 2.45) is 11.8 Å². The van der Waals surface area contributed by atoms with E-state index in [2.05, 4.69) is 32.5 Å². The molecule has 2 amide bonds. The van der Waals surface area contributed by atoms with E-state index < -0.39 is 17.7 Å². The molecule has 3 rings (SSSR count). The summed E-state index contributed by atoms with van der Waals surface area (Å²) in [6, 6.07) is 3.58. The molecule has 1 fully saturated rings. The lowest BCUT2D eigenvalue weighted by Gasteiger charge is -2.32. The minimum absolute atomic E-state index is 0.0140. The van der Waals surface area contributed by atoms with Gasteiger partial charge < -0.3 is 15.4 Å². The maximum absolute atomic E-state index is 13.1. The molecule has 0 saturated heterocycles. The number of anilines is 1. The average Bonchev–Trinajstić information content (AvgIpc) is 2.72. The molecule has 1 saturated carbocycles. The highest BCUT2D eigenvalue weighted by Crippen LogP contribution is 2.32. The number of pyridine rings is 1. The summed E-state index contributed by atoms with van der Waals surface area (Å²) in [4.78, 5) is 38.2. The summed E-state index contributed by atoms with van der Waals surface area (Å²) in [5, 5.41) is 5.60. The quantitative estimate of drug-likeness (QED) is 0.710. The van der Waals surface area contributed by atoms with E-state index in [9.17, 15) is 9.59 Å². The van der Waals surface area contributed by atoms with Crippen LogP contribution >= 0.6 is 0 Å². The molecule has 32 heavy (non-hydrogen) atoms. The van der Waals surface area contributed by atoms with Gasteiger partial charge in [0.1, 0.15) is 12.1 Å². The molecule has 2 aromatic rings. The van der Waals surface area contributed by atoms with Gasteiger partial charge in [-0.3, -0.25) is 4.79 Å². The van der Waals surface area contributed by atoms with E-state index >= 15 is 0 Å². The number of carbonyl (C=O) groups excluding carboxylic acids is 2. The molecule has 172 valence electrons. The first-order valence-electron chi connectivity index (χ1n) is 11.1. The van der Waals surface area contributed by atoms with E-state index in [1.165, 1.54) is 6.33 Å². The number of nitrogens with one attached hydrogen (secondary N) is 2. The summed E-state index contributed by atoms with van der Waals surface area (Å²) < 4.78 is 5.64. The van der Waals surface area contributed by atoms with Gasteiger partial charge in [-0.2, -0.15) is 0 Å². The largest absolute Gasteiger partial charge is 0.436 e. The topological polar surface area (TPSA) is 106 Å². The Morgan fingerprint density at radius 1 is 1.09 bits per heavy atom. The fourth-order valence-electron chi connectivity index (χ4n) is 3.91. The highest BCUT2D eigenvalue weighted by atomic mass is 16.6. The fraction of sp³-hybridized carbons (Fsp3) is 0.542. The number of nitrogens with zero attached hydrogens (tertiary/aromatic N) is 3. The first-order chi connectivity index (χ1) is 15.1. The molecule has 0 aliphatic heterocycles. The molecule has 2 heterocycles. The third-order valence-electron chi connectivity index (χ3n) is 5.64. The Hall–Kier alpha value is -3.03. The Bertz CT molecular complexity index is 931. The van der Waals surface area contributed by atoms with Crippen LogP contribution in [0.3, 0.4) is 0 Å². The van der Waals surface area contributed by atoms with Crippen LogP contribution in [0.25, 0.3) is 11.3 Å². The number of rotatable bonds is 5. The number of ether oxygens (including phenoxy) is 1. The van der Waals surface area contributed by atoms with Crippen LogP contribution in [-0.2, 0) is 9.53 Å². The van der Waals surface area contributed by atoms with Gasteiger partial charge in [0.2, 0.25) is 0 Å². The molecule has 1 aliphatic carbocycles. The van der Waals surface area contributed by atoms with Crippen molar-refractivity contribution in [2.75, 3.05) is 5.32 Å². The summed E-state index contributed by atoms with van der Waals surface area (Å²) >= 11 is 0. The van der Waals surface area contributed by atoms with Crippen LogP contribution in [-0.4, -0.2) is 38.6 Å². The number of hydrogen-bond donors (Lipinski definition) is 2. The Morgan fingerprint density at radius 3 is 2.41 bits per heavy atom. The van der Waals surface area contributed by atoms with Crippen molar-refractivity contribution in [1.29, 1.82) is 0 Å². The van der Waals surface area contributed by atoms with Gasteiger partial charge in [0.15, 0.2) is 6.10 Å². The van der Waals surface area contributed by atoms with Crippen LogP contribution in [0.2, 0.25) is 0 Å². The second-order valence-corrected chi connectivity index (χ2v) is 9.70. The third kappa shape index (κ3) is 6.48. The molecule has 0 radical (unpaired) electrons. The Labute approximate surface area is 189 Å². The molecule has 0 bridgehead atoms. The molecule has 8 nitrogen and oxygen atoms in total. The number of alkyl carbamates (subject to hydrolysis) is 1. The maximum atomic E-state index is 13.1. The lowest BCUT2D eigenvalue weighted by Crippen LogP contribution is -2.47. The first-order valence-corrected chi connectivity index (χ1v) is 11.1. The van der Waals surface area contributed by atoms with Gasteiger partial charge in [-0.1, -0.05) is 19.8 Å². The highest BCUT2D eigenvalue weighted by Gasteiger charge is 2.35. The van der Waals surface area contributed by atoms with Crippen molar-refractivity contribution in [1.82, 2.24) is 20.3 Å². The number of carbonyl (C=O) groups is 2. The minimum Gasteiger partial charge on any atom is -0.436 e. The summed E-state index contributed by atoms with van der Waals surface area (Å²) in [6.45, 7) is 9.76. The third-order valence-corrected chi connectivity index (χ3v) is 5.64. The molecule has 0 aromatic carbocycles. The van der Waals surface area contributed by atoms with Crippen LogP contribution in [0, 0.1) is 18.8 Å². The Morgan fingerprint density at radius 2 is 1.81 bits per heavy atom. The van der Waals surface area contributed by atoms with Gasteiger partial charge in [0, 0.05) is 29.4 Å². The van der Waals surface area contributed by atoms with Crippen molar-refractivity contribution < 1.29 is 14.3 Å². The van der Waals surface area contributed by atoms with Gasteiger partial charge in [-0.15, -0.1) is 0 Å². The Kier molecular flexibility index (Phi) is 7.43. The van der Waals surface area contributed by atoms with Crippen LogP contribution in [0.4, 0.5) is 10.6 Å². The van der Waals surface area contributed by atoms with Crippen molar-refractivity contribution in [3.05, 3.63) is 36.4 Å². The number of aromatic nitrogens is 3. The van der Waals surface area contributed by atoms with Gasteiger partial charge in [0.25, 0.3) is 5.91 Å². The molecule has 0 spiro atoms. The van der Waals surface area contributed by atoms with Crippen molar-refractivity contribution in [3.63, 3.8) is 0 Å². The molecular weight excluding hydrogens is 406 g/mol. The molecule has 1 atom stereocenters. The smallest absolute Gasteiger partial charge is 0.408 e. The monoisotopic (exact) mass is 439 g/mol. The lowest BCUT2D eigenvalue weighted by molar-refractivity contribution is -0.128. The van der Waals surface area contributed by atoms with Crippen LogP contribution in [0.1, 0.15) is 58.9 Å². The number of aryl methyl sites for hydroxylation is 1. The number of hydrogen-bond acceptors (Lipinski definition) is 6. The first kappa shape index (κ1) is 23.6. The lowest BCUT2D eigenvalue weighted by atomic mass is 9.80. The van der Waals surface area contributed by atoms with Gasteiger partial charge >= 0.3 is 6.09 Å². The van der Waals surface area contributed by atoms with Gasteiger partial charge in [-0.05, 0) is 64.2 Å². The minimum atomic E-state index is -0.865. The van der Waals surface area contributed by atoms with E-state index in [1.54, 1.807) is 18.5 Å². The normalized spacial score (nSPS) is 19.7. The Balaban J connectivity index is 1.72. The molecule has 1 aliphatic rings. The highest BCUT2D eigenvalue weighted by molar-refractivity contribution is 5.95. The summed E-state index contributed by atoms with van der Waals surface area (Å²) in [5.74, 6) is 0.657. The van der Waals surface area contributed by atoms with E-state index in [0.29, 0.717) is 11.7 Å². The zero-order chi connectivity index (χ0) is 23.3. The van der Waals surface area contributed by atoms with Gasteiger partial charge in [-0.25, -0.2) is 19.7 Å². The van der Waals surface area contributed by atoms with E-state index in [1.807, 2.05) is 33.8 Å². The van der Waals surface area contributed by atoms with E-state index in [4.69, 9.17) is 4.74 Å². The zero-order valence-electron chi connectivity index (χ0n) is 19.5. The van der Waals surface area contributed by atoms with E-state index in [-0.39, 0.29) is 11.8 Å². The average molecular weight is 440 g/mol. The summed E-state index contributed by atoms with van der Waals surface area (Å²) in [6.07, 6.45) is 7.18. The number of amides is 2. The van der Waals surface area contributed by atoms with Crippen molar-refractivity contribution in [2.45, 2.75) is 71.9 Å². The fourth-order valence-corrected chi connectivity index (χ4v) is 3.91. The van der Waals surface area contributed by atoms with Crippen LogP contribution in [0.15, 0.2) is 30.9 Å². The predicted molar refractivity (Wildman–Crippen MR) is 123 cm³/mol. The zero-order valence-corrected chi connectivity index (χ0v) is 19.5. The molecule has 2 aromatic heterocycles. The summed E-state index contributed by atoms with van der Waals surface area (Å²) in [7, 11) is 0. The summed E-state index contributed by atoms with van der Waals surface area (Å²) in [5.41, 5.74) is 2.12. The second-order valence-electron chi connectivity index (χ2n) is 9.70. The standard InChI is InChI=1S/C24H33N5O3/c1-15-6-8-17(9-7-15)21(32-23(31)29-24(3,4)5)22(30)28-19-11-10-18(13-26-19)20-16(2)12-25-14-27-20/h10-15,17,21H,6-9H2,1-5H3,(H,29,31)(H,26,28,30)/t15?,17?,21-/m0/s1. The predicted octanol–water partition coefficient (Wildman–Crippen LogP) is 4.51. The van der Waals surface area contributed by atoms with Crippen molar-refractivity contribution in [3.8, 4) is 11.3 Å². The van der Waals surface area contributed by atoms with Crippen molar-refractivity contribution >= 4 is 17.8 Å². The van der Waals surface area contributed by atoms with Gasteiger partial charge in [0.05, 0.1) is 5.69 Å². The molecule has 0 unspecified atom stereocenters.